The van der Waals surface area contributed by atoms with Crippen molar-refractivity contribution in [3.63, 3.8) is 0 Å². The normalized spacial score (nSPS) is 10.4. The van der Waals surface area contributed by atoms with Crippen molar-refractivity contribution >= 4 is 28.6 Å². The summed E-state index contributed by atoms with van der Waals surface area (Å²) in [4.78, 5) is 0. The fourth-order valence-electron chi connectivity index (χ4n) is 1.34. The van der Waals surface area contributed by atoms with E-state index in [1.54, 1.807) is 11.3 Å². The van der Waals surface area contributed by atoms with Gasteiger partial charge in [-0.2, -0.15) is 11.3 Å². The van der Waals surface area contributed by atoms with E-state index in [1.807, 2.05) is 18.2 Å². The molecule has 1 aromatic carbocycles. The van der Waals surface area contributed by atoms with Gasteiger partial charge in [-0.05, 0) is 46.2 Å². The fourth-order valence-corrected chi connectivity index (χ4v) is 2.20. The first-order valence-corrected chi connectivity index (χ1v) is 5.63. The molecule has 0 aliphatic rings. The van der Waals surface area contributed by atoms with Crippen LogP contribution in [0.5, 0.6) is 0 Å². The molecule has 0 bridgehead atoms. The highest BCUT2D eigenvalue weighted by atomic mass is 35.5. The van der Waals surface area contributed by atoms with Crippen LogP contribution >= 0.6 is 22.9 Å². The second kappa shape index (κ2) is 4.03. The zero-order chi connectivity index (χ0) is 9.97. The fraction of sp³-hybridized carbons (Fsp3) is 0.0909. The largest absolute Gasteiger partial charge is 0.398 e. The highest BCUT2D eigenvalue weighted by molar-refractivity contribution is 7.07. The highest BCUT2D eigenvalue weighted by Gasteiger charge is 2.01. The van der Waals surface area contributed by atoms with E-state index in [4.69, 9.17) is 17.3 Å². The lowest BCUT2D eigenvalue weighted by atomic mass is 10.1. The van der Waals surface area contributed by atoms with Gasteiger partial charge in [-0.3, -0.25) is 0 Å². The Morgan fingerprint density at radius 1 is 1.29 bits per heavy atom. The number of nitrogens with two attached hydrogens (primary N) is 1. The Morgan fingerprint density at radius 3 is 2.86 bits per heavy atom. The first-order chi connectivity index (χ1) is 6.75. The van der Waals surface area contributed by atoms with Crippen LogP contribution in [0.4, 0.5) is 5.69 Å². The molecule has 0 aliphatic carbocycles. The second-order valence-corrected chi connectivity index (χ2v) is 4.37. The summed E-state index contributed by atoms with van der Waals surface area (Å²) in [5, 5.41) is 4.93. The van der Waals surface area contributed by atoms with E-state index in [2.05, 4.69) is 16.8 Å². The van der Waals surface area contributed by atoms with Crippen LogP contribution in [0.15, 0.2) is 35.0 Å². The van der Waals surface area contributed by atoms with Crippen LogP contribution in [0.2, 0.25) is 5.02 Å². The molecule has 2 N–H and O–H groups in total. The van der Waals surface area contributed by atoms with Crippen molar-refractivity contribution in [1.29, 1.82) is 0 Å². The molecular formula is C11H10ClNS. The summed E-state index contributed by atoms with van der Waals surface area (Å²) in [5.41, 5.74) is 9.03. The van der Waals surface area contributed by atoms with Gasteiger partial charge in [0.1, 0.15) is 0 Å². The van der Waals surface area contributed by atoms with Gasteiger partial charge in [0.2, 0.25) is 0 Å². The third-order valence-electron chi connectivity index (χ3n) is 2.08. The minimum absolute atomic E-state index is 0.740. The van der Waals surface area contributed by atoms with Crippen LogP contribution in [0.25, 0.3) is 0 Å². The summed E-state index contributed by atoms with van der Waals surface area (Å²) in [6, 6.07) is 7.69. The molecule has 0 saturated heterocycles. The number of hydrogen-bond acceptors (Lipinski definition) is 2. The molecule has 72 valence electrons. The van der Waals surface area contributed by atoms with E-state index in [-0.39, 0.29) is 0 Å². The summed E-state index contributed by atoms with van der Waals surface area (Å²) in [6.07, 6.45) is 0.857. The van der Waals surface area contributed by atoms with Gasteiger partial charge in [0.25, 0.3) is 0 Å². The van der Waals surface area contributed by atoms with Gasteiger partial charge in [-0.1, -0.05) is 11.6 Å². The minimum atomic E-state index is 0.740. The molecule has 0 unspecified atom stereocenters. The summed E-state index contributed by atoms with van der Waals surface area (Å²) in [5.74, 6) is 0. The third-order valence-corrected chi connectivity index (χ3v) is 3.05. The number of thiophene rings is 1. The predicted molar refractivity (Wildman–Crippen MR) is 63.0 cm³/mol. The lowest BCUT2D eigenvalue weighted by molar-refractivity contribution is 1.21. The Kier molecular flexibility index (Phi) is 2.75. The standard InChI is InChI=1S/C11H10ClNS/c12-10-1-2-11(13)9(6-10)5-8-3-4-14-7-8/h1-4,6-7H,5,13H2. The lowest BCUT2D eigenvalue weighted by Crippen LogP contribution is -1.94. The van der Waals surface area contributed by atoms with Crippen LogP contribution < -0.4 is 5.73 Å². The summed E-state index contributed by atoms with van der Waals surface area (Å²) in [7, 11) is 0. The van der Waals surface area contributed by atoms with Gasteiger partial charge in [0.05, 0.1) is 0 Å². The molecule has 2 aromatic rings. The maximum Gasteiger partial charge on any atom is 0.0410 e. The van der Waals surface area contributed by atoms with Crippen LogP contribution in [-0.2, 0) is 6.42 Å². The zero-order valence-electron chi connectivity index (χ0n) is 7.53. The maximum absolute atomic E-state index is 5.90. The van der Waals surface area contributed by atoms with Crippen LogP contribution in [0, 0.1) is 0 Å². The minimum Gasteiger partial charge on any atom is -0.398 e. The lowest BCUT2D eigenvalue weighted by Gasteiger charge is -2.04. The number of anilines is 1. The summed E-state index contributed by atoms with van der Waals surface area (Å²) < 4.78 is 0. The smallest absolute Gasteiger partial charge is 0.0410 e. The van der Waals surface area contributed by atoms with Gasteiger partial charge in [-0.15, -0.1) is 0 Å². The summed E-state index contributed by atoms with van der Waals surface area (Å²) in [6.45, 7) is 0. The quantitative estimate of drug-likeness (QED) is 0.774. The van der Waals surface area contributed by atoms with Gasteiger partial charge in [-0.25, -0.2) is 0 Å². The summed E-state index contributed by atoms with van der Waals surface area (Å²) >= 11 is 7.60. The van der Waals surface area contributed by atoms with E-state index >= 15 is 0 Å². The average Bonchev–Trinajstić information content (AvgIpc) is 2.64. The average molecular weight is 224 g/mol. The van der Waals surface area contributed by atoms with Crippen molar-refractivity contribution in [2.75, 3.05) is 5.73 Å². The van der Waals surface area contributed by atoms with Crippen molar-refractivity contribution in [3.05, 3.63) is 51.2 Å². The Bertz CT molecular complexity index is 423. The van der Waals surface area contributed by atoms with Crippen molar-refractivity contribution in [1.82, 2.24) is 0 Å². The monoisotopic (exact) mass is 223 g/mol. The van der Waals surface area contributed by atoms with Crippen LogP contribution in [0.3, 0.4) is 0 Å². The van der Waals surface area contributed by atoms with Crippen LogP contribution in [-0.4, -0.2) is 0 Å². The van der Waals surface area contributed by atoms with Crippen molar-refractivity contribution < 1.29 is 0 Å². The molecule has 1 heterocycles. The number of halogens is 1. The molecule has 14 heavy (non-hydrogen) atoms. The van der Waals surface area contributed by atoms with Gasteiger partial charge in [0.15, 0.2) is 0 Å². The van der Waals surface area contributed by atoms with E-state index < -0.39 is 0 Å². The van der Waals surface area contributed by atoms with Gasteiger partial charge >= 0.3 is 0 Å². The molecule has 1 nitrogen and oxygen atoms in total. The van der Waals surface area contributed by atoms with Gasteiger partial charge < -0.3 is 5.73 Å². The van der Waals surface area contributed by atoms with E-state index in [0.717, 1.165) is 22.7 Å². The Hall–Kier alpha value is -0.990. The van der Waals surface area contributed by atoms with Crippen molar-refractivity contribution in [3.8, 4) is 0 Å². The van der Waals surface area contributed by atoms with Gasteiger partial charge in [0, 0.05) is 17.1 Å². The Morgan fingerprint density at radius 2 is 2.14 bits per heavy atom. The number of hydrogen-bond donors (Lipinski definition) is 1. The molecule has 0 radical (unpaired) electrons. The number of benzene rings is 1. The molecule has 0 fully saturated rings. The van der Waals surface area contributed by atoms with Crippen molar-refractivity contribution in [2.45, 2.75) is 6.42 Å². The Balaban J connectivity index is 2.28. The molecule has 0 aliphatic heterocycles. The molecule has 0 atom stereocenters. The molecule has 0 amide bonds. The second-order valence-electron chi connectivity index (χ2n) is 3.15. The van der Waals surface area contributed by atoms with Crippen molar-refractivity contribution in [2.24, 2.45) is 0 Å². The van der Waals surface area contributed by atoms with E-state index in [0.29, 0.717) is 0 Å². The topological polar surface area (TPSA) is 26.0 Å². The van der Waals surface area contributed by atoms with E-state index in [9.17, 15) is 0 Å². The Labute approximate surface area is 92.1 Å². The molecule has 1 aromatic heterocycles. The molecule has 0 saturated carbocycles. The van der Waals surface area contributed by atoms with Crippen LogP contribution in [0.1, 0.15) is 11.1 Å². The molecule has 0 spiro atoms. The molecule has 3 heteroatoms. The SMILES string of the molecule is Nc1ccc(Cl)cc1Cc1ccsc1. The third kappa shape index (κ3) is 2.08. The van der Waals surface area contributed by atoms with E-state index in [1.165, 1.54) is 5.56 Å². The molecular weight excluding hydrogens is 214 g/mol. The molecule has 2 rings (SSSR count). The zero-order valence-corrected chi connectivity index (χ0v) is 9.11. The predicted octanol–water partition coefficient (Wildman–Crippen LogP) is 3.57. The number of rotatable bonds is 2. The maximum atomic E-state index is 5.90. The first kappa shape index (κ1) is 9.56. The first-order valence-electron chi connectivity index (χ1n) is 4.30. The highest BCUT2D eigenvalue weighted by Crippen LogP contribution is 2.21. The number of nitrogen functional groups attached to an aromatic ring is 1.